The number of amides is 1. The number of rotatable bonds is 8. The molecule has 10 heteroatoms. The van der Waals surface area contributed by atoms with Crippen molar-refractivity contribution in [2.75, 3.05) is 18.1 Å². The molecule has 2 heterocycles. The highest BCUT2D eigenvalue weighted by atomic mass is 32.2. The van der Waals surface area contributed by atoms with Crippen LogP contribution in [0.3, 0.4) is 0 Å². The van der Waals surface area contributed by atoms with E-state index in [1.165, 1.54) is 35.4 Å². The van der Waals surface area contributed by atoms with E-state index in [0.717, 1.165) is 0 Å². The van der Waals surface area contributed by atoms with Crippen LogP contribution in [0.1, 0.15) is 22.5 Å². The molecule has 0 aliphatic carbocycles. The van der Waals surface area contributed by atoms with E-state index in [9.17, 15) is 21.6 Å². The highest BCUT2D eigenvalue weighted by molar-refractivity contribution is 7.91. The second kappa shape index (κ2) is 8.52. The molecule has 2 aromatic rings. The number of hydrogen-bond acceptors (Lipinski definition) is 6. The third-order valence-electron chi connectivity index (χ3n) is 4.66. The highest BCUT2D eigenvalue weighted by Gasteiger charge is 2.34. The van der Waals surface area contributed by atoms with Gasteiger partial charge >= 0.3 is 0 Å². The molecule has 0 bridgehead atoms. The van der Waals surface area contributed by atoms with Gasteiger partial charge in [-0.2, -0.15) is 0 Å². The van der Waals surface area contributed by atoms with Gasteiger partial charge in [-0.05, 0) is 42.8 Å². The molecule has 1 aromatic heterocycles. The van der Waals surface area contributed by atoms with Crippen LogP contribution in [0.4, 0.5) is 0 Å². The number of sulfonamides is 1. The molecular weight excluding hydrogens is 416 g/mol. The second-order valence-electron chi connectivity index (χ2n) is 6.73. The fourth-order valence-corrected chi connectivity index (χ4v) is 5.89. The van der Waals surface area contributed by atoms with Crippen LogP contribution in [0.5, 0.6) is 0 Å². The molecule has 1 aromatic carbocycles. The molecule has 1 unspecified atom stereocenters. The number of benzene rings is 1. The SMILES string of the molecule is C=CCN(C(=O)c1ccc(S(=O)(=O)NCc2ccco2)cc1)C1CCS(=O)(=O)C1. The number of carbonyl (C=O) groups excluding carboxylic acids is 1. The number of nitrogens with zero attached hydrogens (tertiary/aromatic N) is 1. The smallest absolute Gasteiger partial charge is 0.254 e. The average Bonchev–Trinajstić information content (AvgIpc) is 3.33. The van der Waals surface area contributed by atoms with Gasteiger partial charge in [-0.25, -0.2) is 21.6 Å². The number of furan rings is 1. The lowest BCUT2D eigenvalue weighted by molar-refractivity contribution is 0.0720. The molecule has 1 atom stereocenters. The molecule has 1 fully saturated rings. The molecule has 1 amide bonds. The third kappa shape index (κ3) is 5.14. The van der Waals surface area contributed by atoms with Gasteiger partial charge in [0.2, 0.25) is 10.0 Å². The molecule has 3 rings (SSSR count). The zero-order chi connectivity index (χ0) is 21.1. The molecule has 1 aliphatic rings. The molecule has 156 valence electrons. The Bertz CT molecular complexity index is 1070. The third-order valence-corrected chi connectivity index (χ3v) is 7.83. The first-order valence-corrected chi connectivity index (χ1v) is 12.3. The lowest BCUT2D eigenvalue weighted by atomic mass is 10.1. The summed E-state index contributed by atoms with van der Waals surface area (Å²) < 4.78 is 55.9. The van der Waals surface area contributed by atoms with Crippen LogP contribution in [0, 0.1) is 0 Å². The van der Waals surface area contributed by atoms with E-state index in [1.54, 1.807) is 18.2 Å². The van der Waals surface area contributed by atoms with Crippen LogP contribution in [0.25, 0.3) is 0 Å². The Morgan fingerprint density at radius 1 is 1.28 bits per heavy atom. The van der Waals surface area contributed by atoms with Crippen LogP contribution >= 0.6 is 0 Å². The van der Waals surface area contributed by atoms with Crippen LogP contribution in [0.2, 0.25) is 0 Å². The van der Waals surface area contributed by atoms with E-state index >= 15 is 0 Å². The van der Waals surface area contributed by atoms with Crippen molar-refractivity contribution in [2.45, 2.75) is 23.9 Å². The first kappa shape index (κ1) is 21.3. The van der Waals surface area contributed by atoms with Crippen molar-refractivity contribution in [1.29, 1.82) is 0 Å². The first-order valence-electron chi connectivity index (χ1n) is 8.96. The zero-order valence-electron chi connectivity index (χ0n) is 15.7. The summed E-state index contributed by atoms with van der Waals surface area (Å²) in [6.45, 7) is 3.86. The summed E-state index contributed by atoms with van der Waals surface area (Å²) in [5, 5.41) is 0. The maximum Gasteiger partial charge on any atom is 0.254 e. The summed E-state index contributed by atoms with van der Waals surface area (Å²) in [6, 6.07) is 8.43. The van der Waals surface area contributed by atoms with Gasteiger partial charge in [0.25, 0.3) is 5.91 Å². The summed E-state index contributed by atoms with van der Waals surface area (Å²) in [6.07, 6.45) is 3.37. The monoisotopic (exact) mass is 438 g/mol. The fraction of sp³-hybridized carbons (Fsp3) is 0.316. The molecular formula is C19H22N2O6S2. The minimum Gasteiger partial charge on any atom is -0.468 e. The summed E-state index contributed by atoms with van der Waals surface area (Å²) in [4.78, 5) is 14.4. The molecule has 0 saturated carbocycles. The molecule has 1 saturated heterocycles. The average molecular weight is 439 g/mol. The van der Waals surface area contributed by atoms with E-state index in [2.05, 4.69) is 11.3 Å². The summed E-state index contributed by atoms with van der Waals surface area (Å²) in [5.74, 6) is 0.0961. The summed E-state index contributed by atoms with van der Waals surface area (Å²) >= 11 is 0. The van der Waals surface area contributed by atoms with Gasteiger partial charge in [-0.3, -0.25) is 4.79 Å². The number of sulfone groups is 1. The van der Waals surface area contributed by atoms with Crippen molar-refractivity contribution in [1.82, 2.24) is 9.62 Å². The van der Waals surface area contributed by atoms with Crippen molar-refractivity contribution >= 4 is 25.8 Å². The van der Waals surface area contributed by atoms with Crippen LogP contribution in [0.15, 0.2) is 64.6 Å². The summed E-state index contributed by atoms with van der Waals surface area (Å²) in [5.41, 5.74) is 0.279. The van der Waals surface area contributed by atoms with Crippen molar-refractivity contribution in [2.24, 2.45) is 0 Å². The molecule has 1 aliphatic heterocycles. The number of nitrogens with one attached hydrogen (secondary N) is 1. The largest absolute Gasteiger partial charge is 0.468 e. The Kier molecular flexibility index (Phi) is 6.25. The minimum absolute atomic E-state index is 0.0132. The number of carbonyl (C=O) groups is 1. The maximum absolute atomic E-state index is 12.9. The van der Waals surface area contributed by atoms with Crippen molar-refractivity contribution in [3.05, 3.63) is 66.6 Å². The van der Waals surface area contributed by atoms with Crippen molar-refractivity contribution in [3.63, 3.8) is 0 Å². The van der Waals surface area contributed by atoms with E-state index in [4.69, 9.17) is 4.42 Å². The minimum atomic E-state index is -3.77. The van der Waals surface area contributed by atoms with Crippen LogP contribution in [-0.4, -0.2) is 51.7 Å². The van der Waals surface area contributed by atoms with Gasteiger partial charge in [0.1, 0.15) is 5.76 Å². The topological polar surface area (TPSA) is 114 Å². The van der Waals surface area contributed by atoms with Gasteiger partial charge in [0, 0.05) is 18.2 Å². The zero-order valence-corrected chi connectivity index (χ0v) is 17.3. The van der Waals surface area contributed by atoms with E-state index in [0.29, 0.717) is 12.2 Å². The van der Waals surface area contributed by atoms with Crippen molar-refractivity contribution < 1.29 is 26.0 Å². The Hall–Kier alpha value is -2.43. The fourth-order valence-electron chi connectivity index (χ4n) is 3.16. The highest BCUT2D eigenvalue weighted by Crippen LogP contribution is 2.21. The van der Waals surface area contributed by atoms with Gasteiger partial charge in [0.15, 0.2) is 9.84 Å². The Morgan fingerprint density at radius 2 is 2.00 bits per heavy atom. The Morgan fingerprint density at radius 3 is 2.55 bits per heavy atom. The quantitative estimate of drug-likeness (QED) is 0.626. The van der Waals surface area contributed by atoms with E-state index in [-0.39, 0.29) is 41.0 Å². The molecule has 0 spiro atoms. The standard InChI is InChI=1S/C19H22N2O6S2/c1-2-10-21(16-9-12-28(23,24)14-16)19(22)15-5-7-18(8-6-15)29(25,26)20-13-17-4-3-11-27-17/h2-8,11,16,20H,1,9-10,12-14H2. The van der Waals surface area contributed by atoms with E-state index < -0.39 is 25.9 Å². The van der Waals surface area contributed by atoms with Gasteiger partial charge in [0.05, 0.1) is 29.2 Å². The molecule has 8 nitrogen and oxygen atoms in total. The van der Waals surface area contributed by atoms with Crippen LogP contribution in [-0.2, 0) is 26.4 Å². The first-order chi connectivity index (χ1) is 13.7. The lowest BCUT2D eigenvalue weighted by Crippen LogP contribution is -2.41. The number of hydrogen-bond donors (Lipinski definition) is 1. The van der Waals surface area contributed by atoms with Crippen molar-refractivity contribution in [3.8, 4) is 0 Å². The van der Waals surface area contributed by atoms with Crippen LogP contribution < -0.4 is 4.72 Å². The second-order valence-corrected chi connectivity index (χ2v) is 10.7. The van der Waals surface area contributed by atoms with Gasteiger partial charge < -0.3 is 9.32 Å². The van der Waals surface area contributed by atoms with Gasteiger partial charge in [-0.15, -0.1) is 6.58 Å². The molecule has 1 N–H and O–H groups in total. The van der Waals surface area contributed by atoms with E-state index in [1.807, 2.05) is 0 Å². The lowest BCUT2D eigenvalue weighted by Gasteiger charge is -2.27. The predicted molar refractivity (Wildman–Crippen MR) is 107 cm³/mol. The molecule has 0 radical (unpaired) electrons. The summed E-state index contributed by atoms with van der Waals surface area (Å²) in [7, 11) is -6.92. The van der Waals surface area contributed by atoms with Gasteiger partial charge in [-0.1, -0.05) is 6.08 Å². The predicted octanol–water partition coefficient (Wildman–Crippen LogP) is 1.57. The Balaban J connectivity index is 1.73. The maximum atomic E-state index is 12.9. The normalized spacial score (nSPS) is 18.4. The Labute approximate surface area is 170 Å². The molecule has 29 heavy (non-hydrogen) atoms.